The summed E-state index contributed by atoms with van der Waals surface area (Å²) in [5.41, 5.74) is 1.09. The molecule has 0 amide bonds. The average Bonchev–Trinajstić information content (AvgIpc) is 1.91. The van der Waals surface area contributed by atoms with Crippen LogP contribution in [-0.4, -0.2) is 18.2 Å². The van der Waals surface area contributed by atoms with Crippen molar-refractivity contribution in [2.45, 2.75) is 0 Å². The van der Waals surface area contributed by atoms with Gasteiger partial charge in [0.05, 0.1) is 0 Å². The molecule has 0 atom stereocenters. The number of nitrogens with zero attached hydrogens (tertiary/aromatic N) is 2. The number of hydrogen-bond donors (Lipinski definition) is 0. The molecular formula is C7H8N2. The van der Waals surface area contributed by atoms with Crippen LogP contribution in [0.25, 0.3) is 0 Å². The molecule has 0 radical (unpaired) electrons. The first-order valence-electron chi connectivity index (χ1n) is 2.75. The fourth-order valence-corrected chi connectivity index (χ4v) is 0.599. The van der Waals surface area contributed by atoms with Crippen molar-refractivity contribution in [1.29, 1.82) is 0 Å². The van der Waals surface area contributed by atoms with E-state index in [0.29, 0.717) is 0 Å². The molecule has 2 nitrogen and oxygen atoms in total. The van der Waals surface area contributed by atoms with E-state index in [0.717, 1.165) is 5.56 Å². The Bertz CT molecular complexity index is 191. The van der Waals surface area contributed by atoms with Crippen LogP contribution in [0.3, 0.4) is 0 Å². The minimum Gasteiger partial charge on any atom is -0.296 e. The largest absolute Gasteiger partial charge is 0.296 e. The van der Waals surface area contributed by atoms with Crippen LogP contribution in [0.4, 0.5) is 0 Å². The Kier molecular flexibility index (Phi) is 1.96. The Balaban J connectivity index is 2.85. The topological polar surface area (TPSA) is 25.2 Å². The summed E-state index contributed by atoms with van der Waals surface area (Å²) in [7, 11) is 1.75. The normalized spacial score (nSPS) is 10.3. The van der Waals surface area contributed by atoms with Crippen molar-refractivity contribution < 1.29 is 0 Å². The van der Waals surface area contributed by atoms with Crippen molar-refractivity contribution in [3.63, 3.8) is 0 Å². The third-order valence-corrected chi connectivity index (χ3v) is 0.984. The minimum absolute atomic E-state index is 1.09. The Morgan fingerprint density at radius 3 is 2.67 bits per heavy atom. The summed E-state index contributed by atoms with van der Waals surface area (Å²) >= 11 is 0. The van der Waals surface area contributed by atoms with E-state index < -0.39 is 0 Å². The Morgan fingerprint density at radius 1 is 1.44 bits per heavy atom. The molecule has 0 aromatic carbocycles. The second-order valence-electron chi connectivity index (χ2n) is 1.67. The van der Waals surface area contributed by atoms with Gasteiger partial charge < -0.3 is 0 Å². The van der Waals surface area contributed by atoms with Crippen molar-refractivity contribution in [3.8, 4) is 0 Å². The third-order valence-electron chi connectivity index (χ3n) is 0.984. The number of rotatable bonds is 1. The molecule has 1 rings (SSSR count). The maximum Gasteiger partial charge on any atom is 0.0282 e. The molecule has 0 saturated carbocycles. The van der Waals surface area contributed by atoms with E-state index in [1.165, 1.54) is 0 Å². The second-order valence-corrected chi connectivity index (χ2v) is 1.67. The first-order chi connectivity index (χ1) is 4.43. The zero-order chi connectivity index (χ0) is 6.53. The average molecular weight is 120 g/mol. The lowest BCUT2D eigenvalue weighted by molar-refractivity contribution is 1.32. The van der Waals surface area contributed by atoms with Gasteiger partial charge in [-0.15, -0.1) is 0 Å². The van der Waals surface area contributed by atoms with Crippen LogP contribution in [0.15, 0.2) is 29.5 Å². The van der Waals surface area contributed by atoms with Crippen molar-refractivity contribution in [2.24, 2.45) is 4.99 Å². The molecule has 46 valence electrons. The predicted octanol–water partition coefficient (Wildman–Crippen LogP) is 1.13. The molecule has 0 aliphatic rings. The van der Waals surface area contributed by atoms with E-state index in [4.69, 9.17) is 0 Å². The molecule has 0 fully saturated rings. The Labute approximate surface area is 54.3 Å². The summed E-state index contributed by atoms with van der Waals surface area (Å²) < 4.78 is 0. The van der Waals surface area contributed by atoms with Gasteiger partial charge in [-0.05, 0) is 17.7 Å². The minimum atomic E-state index is 1.09. The molecule has 0 N–H and O–H groups in total. The van der Waals surface area contributed by atoms with E-state index in [1.807, 2.05) is 12.1 Å². The maximum atomic E-state index is 3.87. The van der Waals surface area contributed by atoms with Crippen LogP contribution in [-0.2, 0) is 0 Å². The van der Waals surface area contributed by atoms with Crippen LogP contribution in [0.5, 0.6) is 0 Å². The van der Waals surface area contributed by atoms with Gasteiger partial charge in [-0.1, -0.05) is 0 Å². The van der Waals surface area contributed by atoms with Gasteiger partial charge >= 0.3 is 0 Å². The van der Waals surface area contributed by atoms with Crippen LogP contribution >= 0.6 is 0 Å². The molecule has 0 aliphatic carbocycles. The molecule has 0 unspecified atom stereocenters. The molecule has 0 bridgehead atoms. The van der Waals surface area contributed by atoms with Gasteiger partial charge in [0.25, 0.3) is 0 Å². The van der Waals surface area contributed by atoms with Gasteiger partial charge in [0, 0.05) is 25.7 Å². The van der Waals surface area contributed by atoms with Crippen LogP contribution in [0, 0.1) is 0 Å². The lowest BCUT2D eigenvalue weighted by Gasteiger charge is -1.85. The fraction of sp³-hybridized carbons (Fsp3) is 0.143. The predicted molar refractivity (Wildman–Crippen MR) is 37.8 cm³/mol. The maximum absolute atomic E-state index is 3.87. The molecule has 1 heterocycles. The highest BCUT2D eigenvalue weighted by atomic mass is 14.6. The number of aliphatic imine (C=N–C) groups is 1. The molecule has 2 heteroatoms. The van der Waals surface area contributed by atoms with Gasteiger partial charge in [-0.3, -0.25) is 9.98 Å². The van der Waals surface area contributed by atoms with Crippen LogP contribution < -0.4 is 0 Å². The first kappa shape index (κ1) is 5.95. The summed E-state index contributed by atoms with van der Waals surface area (Å²) in [6.45, 7) is 0. The molecule has 1 aromatic heterocycles. The van der Waals surface area contributed by atoms with Gasteiger partial charge in [-0.2, -0.15) is 0 Å². The van der Waals surface area contributed by atoms with Crippen LogP contribution in [0.2, 0.25) is 0 Å². The summed E-state index contributed by atoms with van der Waals surface area (Å²) in [5.74, 6) is 0. The summed E-state index contributed by atoms with van der Waals surface area (Å²) in [4.78, 5) is 7.72. The molecule has 1 aromatic rings. The lowest BCUT2D eigenvalue weighted by Crippen LogP contribution is -1.78. The monoisotopic (exact) mass is 120 g/mol. The highest BCUT2D eigenvalue weighted by Gasteiger charge is 1.79. The third kappa shape index (κ3) is 1.64. The van der Waals surface area contributed by atoms with E-state index in [2.05, 4.69) is 9.98 Å². The quantitative estimate of drug-likeness (QED) is 0.510. The van der Waals surface area contributed by atoms with Gasteiger partial charge in [0.1, 0.15) is 0 Å². The van der Waals surface area contributed by atoms with E-state index >= 15 is 0 Å². The highest BCUT2D eigenvalue weighted by molar-refractivity contribution is 5.78. The molecular weight excluding hydrogens is 112 g/mol. The Hall–Kier alpha value is -1.18. The van der Waals surface area contributed by atoms with Gasteiger partial charge in [-0.25, -0.2) is 0 Å². The number of hydrogen-bond acceptors (Lipinski definition) is 2. The van der Waals surface area contributed by atoms with Crippen molar-refractivity contribution in [1.82, 2.24) is 4.98 Å². The smallest absolute Gasteiger partial charge is 0.0282 e. The zero-order valence-electron chi connectivity index (χ0n) is 5.28. The van der Waals surface area contributed by atoms with Crippen molar-refractivity contribution in [2.75, 3.05) is 7.05 Å². The molecule has 9 heavy (non-hydrogen) atoms. The molecule has 0 spiro atoms. The van der Waals surface area contributed by atoms with E-state index in [9.17, 15) is 0 Å². The summed E-state index contributed by atoms with van der Waals surface area (Å²) in [6.07, 6.45) is 5.29. The van der Waals surface area contributed by atoms with Crippen molar-refractivity contribution >= 4 is 6.21 Å². The van der Waals surface area contributed by atoms with E-state index in [-0.39, 0.29) is 0 Å². The van der Waals surface area contributed by atoms with Crippen molar-refractivity contribution in [3.05, 3.63) is 30.1 Å². The van der Waals surface area contributed by atoms with Crippen LogP contribution in [0.1, 0.15) is 5.56 Å². The summed E-state index contributed by atoms with van der Waals surface area (Å²) in [6, 6.07) is 3.82. The fourth-order valence-electron chi connectivity index (χ4n) is 0.599. The molecule has 0 saturated heterocycles. The van der Waals surface area contributed by atoms with Gasteiger partial charge in [0.15, 0.2) is 0 Å². The highest BCUT2D eigenvalue weighted by Crippen LogP contribution is 1.89. The SMILES string of the molecule is CN=Cc1ccncc1. The lowest BCUT2D eigenvalue weighted by atomic mass is 10.3. The summed E-state index contributed by atoms with van der Waals surface area (Å²) in [5, 5.41) is 0. The first-order valence-corrected chi connectivity index (χ1v) is 2.75. The second kappa shape index (κ2) is 2.97. The number of aromatic nitrogens is 1. The zero-order valence-corrected chi connectivity index (χ0v) is 5.28. The Morgan fingerprint density at radius 2 is 2.11 bits per heavy atom. The molecule has 0 aliphatic heterocycles. The van der Waals surface area contributed by atoms with Gasteiger partial charge in [0.2, 0.25) is 0 Å². The number of pyridine rings is 1. The van der Waals surface area contributed by atoms with E-state index in [1.54, 1.807) is 25.7 Å². The standard InChI is InChI=1S/C7H8N2/c1-8-6-7-2-4-9-5-3-7/h2-6H,1H3.